The molecule has 20 heavy (non-hydrogen) atoms. The first-order valence-electron chi connectivity index (χ1n) is 5.92. The van der Waals surface area contributed by atoms with Crippen LogP contribution in [0, 0.1) is 11.3 Å². The lowest BCUT2D eigenvalue weighted by Crippen LogP contribution is -2.39. The zero-order valence-electron chi connectivity index (χ0n) is 10.8. The van der Waals surface area contributed by atoms with E-state index in [4.69, 9.17) is 27.1 Å². The Kier molecular flexibility index (Phi) is 5.77. The molecule has 1 aromatic rings. The van der Waals surface area contributed by atoms with Gasteiger partial charge in [0.2, 0.25) is 0 Å². The zero-order chi connectivity index (χ0) is 15.3. The van der Waals surface area contributed by atoms with E-state index in [2.05, 4.69) is 5.32 Å². The van der Waals surface area contributed by atoms with E-state index in [1.165, 1.54) is 19.1 Å². The van der Waals surface area contributed by atoms with E-state index in [9.17, 15) is 9.90 Å². The fourth-order valence-corrected chi connectivity index (χ4v) is 2.06. The van der Waals surface area contributed by atoms with Gasteiger partial charge in [-0.15, -0.1) is 0 Å². The highest BCUT2D eigenvalue weighted by Gasteiger charge is 2.24. The van der Waals surface area contributed by atoms with Gasteiger partial charge in [0.1, 0.15) is 6.07 Å². The van der Waals surface area contributed by atoms with Crippen LogP contribution in [0.15, 0.2) is 12.1 Å². The van der Waals surface area contributed by atoms with Crippen LogP contribution in [-0.2, 0) is 11.2 Å². The van der Waals surface area contributed by atoms with Gasteiger partial charge in [-0.05, 0) is 31.0 Å². The number of nitriles is 1. The molecule has 0 aliphatic carbocycles. The van der Waals surface area contributed by atoms with E-state index in [-0.39, 0.29) is 23.6 Å². The number of halogens is 1. The summed E-state index contributed by atoms with van der Waals surface area (Å²) in [6, 6.07) is 3.66. The molecule has 7 heteroatoms. The Bertz CT molecular complexity index is 540. The van der Waals surface area contributed by atoms with Crippen LogP contribution < -0.4 is 5.32 Å². The number of carbonyl (C=O) groups is 1. The number of benzene rings is 1. The summed E-state index contributed by atoms with van der Waals surface area (Å²) in [5, 5.41) is 39.3. The fraction of sp³-hybridized carbons (Fsp3) is 0.385. The number of rotatable bonds is 6. The summed E-state index contributed by atoms with van der Waals surface area (Å²) >= 11 is 6.05. The number of nitrogens with zero attached hydrogens (tertiary/aromatic N) is 1. The van der Waals surface area contributed by atoms with Gasteiger partial charge in [-0.1, -0.05) is 11.6 Å². The van der Waals surface area contributed by atoms with Gasteiger partial charge in [-0.3, -0.25) is 0 Å². The van der Waals surface area contributed by atoms with Crippen molar-refractivity contribution in [2.45, 2.75) is 25.5 Å². The van der Waals surface area contributed by atoms with Crippen LogP contribution >= 0.6 is 11.6 Å². The second kappa shape index (κ2) is 7.10. The number of carboxylic acid groups (broad SMARTS) is 1. The van der Waals surface area contributed by atoms with Crippen LogP contribution in [0.1, 0.15) is 18.1 Å². The van der Waals surface area contributed by atoms with E-state index in [1.54, 1.807) is 0 Å². The molecule has 0 aromatic heterocycles. The molecule has 2 unspecified atom stereocenters. The predicted molar refractivity (Wildman–Crippen MR) is 73.7 cm³/mol. The molecular weight excluding hydrogens is 284 g/mol. The van der Waals surface area contributed by atoms with Crippen molar-refractivity contribution in [3.05, 3.63) is 28.3 Å². The second-order valence-corrected chi connectivity index (χ2v) is 4.62. The number of hydrogen-bond acceptors (Lipinski definition) is 5. The van der Waals surface area contributed by atoms with Gasteiger partial charge in [-0.2, -0.15) is 5.26 Å². The molecule has 108 valence electrons. The molecule has 0 aliphatic rings. The smallest absolute Gasteiger partial charge is 0.328 e. The van der Waals surface area contributed by atoms with E-state index in [0.29, 0.717) is 11.3 Å². The molecule has 0 aliphatic heterocycles. The average Bonchev–Trinajstić information content (AvgIpc) is 2.38. The van der Waals surface area contributed by atoms with Gasteiger partial charge in [0.25, 0.3) is 0 Å². The molecule has 6 nitrogen and oxygen atoms in total. The van der Waals surface area contributed by atoms with Crippen molar-refractivity contribution in [2.24, 2.45) is 0 Å². The van der Waals surface area contributed by atoms with Crippen LogP contribution in [0.3, 0.4) is 0 Å². The molecule has 0 saturated carbocycles. The number of hydrogen-bond donors (Lipinski definition) is 4. The summed E-state index contributed by atoms with van der Waals surface area (Å²) in [5.74, 6) is -1.21. The monoisotopic (exact) mass is 298 g/mol. The maximum atomic E-state index is 11.1. The van der Waals surface area contributed by atoms with Crippen LogP contribution in [0.2, 0.25) is 5.02 Å². The Morgan fingerprint density at radius 1 is 1.55 bits per heavy atom. The number of carboxylic acids is 1. The van der Waals surface area contributed by atoms with Crippen molar-refractivity contribution in [3.8, 4) is 6.07 Å². The summed E-state index contributed by atoms with van der Waals surface area (Å²) in [5.41, 5.74) is 1.06. The normalized spacial score (nSPS) is 13.3. The summed E-state index contributed by atoms with van der Waals surface area (Å²) in [6.45, 7) is 1.15. The summed E-state index contributed by atoms with van der Waals surface area (Å²) in [4.78, 5) is 11.1. The second-order valence-electron chi connectivity index (χ2n) is 4.24. The molecular formula is C13H15ClN2O4. The largest absolute Gasteiger partial charge is 0.480 e. The molecule has 1 aromatic carbocycles. The highest BCUT2D eigenvalue weighted by molar-refractivity contribution is 6.33. The van der Waals surface area contributed by atoms with Gasteiger partial charge < -0.3 is 20.6 Å². The Hall–Kier alpha value is -1.81. The van der Waals surface area contributed by atoms with Crippen LogP contribution in [-0.4, -0.2) is 40.0 Å². The molecule has 0 fully saturated rings. The first kappa shape index (κ1) is 16.2. The first-order valence-corrected chi connectivity index (χ1v) is 6.29. The van der Waals surface area contributed by atoms with Crippen molar-refractivity contribution in [3.63, 3.8) is 0 Å². The minimum absolute atomic E-state index is 0.168. The molecule has 0 spiro atoms. The number of nitrogens with one attached hydrogen (secondary N) is 1. The molecule has 1 rings (SSSR count). The minimum atomic E-state index is -1.21. The van der Waals surface area contributed by atoms with E-state index in [1.807, 2.05) is 6.07 Å². The van der Waals surface area contributed by atoms with Gasteiger partial charge in [0.15, 0.2) is 6.04 Å². The average molecular weight is 299 g/mol. The Labute approximate surface area is 121 Å². The van der Waals surface area contributed by atoms with Crippen LogP contribution in [0.5, 0.6) is 0 Å². The van der Waals surface area contributed by atoms with Gasteiger partial charge >= 0.3 is 5.97 Å². The van der Waals surface area contributed by atoms with Crippen molar-refractivity contribution < 1.29 is 20.1 Å². The van der Waals surface area contributed by atoms with Crippen LogP contribution in [0.4, 0.5) is 5.69 Å². The SMILES string of the molecule is CC(O)C(Nc1ccc(C#N)c(Cl)c1CCO)C(=O)O. The minimum Gasteiger partial charge on any atom is -0.480 e. The lowest BCUT2D eigenvalue weighted by Gasteiger charge is -2.21. The van der Waals surface area contributed by atoms with Crippen molar-refractivity contribution in [2.75, 3.05) is 11.9 Å². The highest BCUT2D eigenvalue weighted by atomic mass is 35.5. The summed E-state index contributed by atoms with van der Waals surface area (Å²) < 4.78 is 0. The maximum absolute atomic E-state index is 11.1. The van der Waals surface area contributed by atoms with Gasteiger partial charge in [0, 0.05) is 12.3 Å². The third-order valence-corrected chi connectivity index (χ3v) is 3.22. The number of aliphatic carboxylic acids is 1. The molecule has 0 saturated heterocycles. The molecule has 4 N–H and O–H groups in total. The zero-order valence-corrected chi connectivity index (χ0v) is 11.6. The molecule has 0 bridgehead atoms. The van der Waals surface area contributed by atoms with Crippen molar-refractivity contribution in [1.82, 2.24) is 0 Å². The van der Waals surface area contributed by atoms with Gasteiger partial charge in [0.05, 0.1) is 16.7 Å². The van der Waals surface area contributed by atoms with E-state index in [0.717, 1.165) is 0 Å². The van der Waals surface area contributed by atoms with E-state index < -0.39 is 18.1 Å². The standard InChI is InChI=1S/C13H15ClN2O4/c1-7(18)12(13(19)20)16-10-3-2-8(6-15)11(14)9(10)4-5-17/h2-3,7,12,16-18H,4-5H2,1H3,(H,19,20). The third kappa shape index (κ3) is 3.61. The highest BCUT2D eigenvalue weighted by Crippen LogP contribution is 2.29. The molecule has 0 heterocycles. The maximum Gasteiger partial charge on any atom is 0.328 e. The molecule has 0 amide bonds. The lowest BCUT2D eigenvalue weighted by molar-refractivity contribution is -0.140. The Balaban J connectivity index is 3.21. The summed E-state index contributed by atoms with van der Waals surface area (Å²) in [7, 11) is 0. The third-order valence-electron chi connectivity index (χ3n) is 2.78. The number of anilines is 1. The quantitative estimate of drug-likeness (QED) is 0.623. The van der Waals surface area contributed by atoms with Crippen LogP contribution in [0.25, 0.3) is 0 Å². The van der Waals surface area contributed by atoms with Crippen molar-refractivity contribution >= 4 is 23.3 Å². The molecule has 2 atom stereocenters. The van der Waals surface area contributed by atoms with Gasteiger partial charge in [-0.25, -0.2) is 4.79 Å². The Morgan fingerprint density at radius 3 is 2.65 bits per heavy atom. The van der Waals surface area contributed by atoms with E-state index >= 15 is 0 Å². The number of aliphatic hydroxyl groups excluding tert-OH is 2. The lowest BCUT2D eigenvalue weighted by atomic mass is 10.0. The Morgan fingerprint density at radius 2 is 2.20 bits per heavy atom. The van der Waals surface area contributed by atoms with Crippen molar-refractivity contribution in [1.29, 1.82) is 5.26 Å². The fourth-order valence-electron chi connectivity index (χ4n) is 1.76. The summed E-state index contributed by atoms with van der Waals surface area (Å²) in [6.07, 6.45) is -0.952. The first-order chi connectivity index (χ1) is 9.42. The number of aliphatic hydroxyl groups is 2. The molecule has 0 radical (unpaired) electrons. The topological polar surface area (TPSA) is 114 Å². The predicted octanol–water partition coefficient (Wildman–Crippen LogP) is 0.992.